The number of esters is 1. The predicted molar refractivity (Wildman–Crippen MR) is 93.7 cm³/mol. The number of ketones is 1. The van der Waals surface area contributed by atoms with Gasteiger partial charge in [0.15, 0.2) is 18.1 Å². The van der Waals surface area contributed by atoms with Crippen LogP contribution in [-0.4, -0.2) is 42.8 Å². The number of nitrogens with one attached hydrogen (secondary N) is 1. The van der Waals surface area contributed by atoms with Gasteiger partial charge in [-0.3, -0.25) is 24.5 Å². The number of carbonyl (C=O) groups is 3. The van der Waals surface area contributed by atoms with Gasteiger partial charge in [0.05, 0.1) is 12.0 Å². The Hall–Kier alpha value is -3.82. The quantitative estimate of drug-likeness (QED) is 0.316. The van der Waals surface area contributed by atoms with Gasteiger partial charge in [0.1, 0.15) is 12.4 Å². The Morgan fingerprint density at radius 1 is 1.11 bits per heavy atom. The minimum absolute atomic E-state index is 0.0136. The molecule has 0 aliphatic heterocycles. The second kappa shape index (κ2) is 9.21. The molecule has 1 amide bonds. The Kier molecular flexibility index (Phi) is 6.74. The van der Waals surface area contributed by atoms with Crippen molar-refractivity contribution in [2.24, 2.45) is 0 Å². The van der Waals surface area contributed by atoms with E-state index < -0.39 is 47.2 Å². The first kappa shape index (κ1) is 20.5. The highest BCUT2D eigenvalue weighted by atomic mass is 19.1. The highest BCUT2D eigenvalue weighted by Crippen LogP contribution is 2.27. The van der Waals surface area contributed by atoms with E-state index in [2.05, 4.69) is 5.32 Å². The second-order valence-electron chi connectivity index (χ2n) is 5.42. The number of Topliss-reactive ketones (excluding diaryl/α,β-unsaturated/α-hetero) is 1. The van der Waals surface area contributed by atoms with Gasteiger partial charge in [-0.05, 0) is 36.4 Å². The number of halogens is 1. The Bertz CT molecular complexity index is 913. The SMILES string of the molecule is COc1ccc(C(=O)NCC(=O)OCC(=O)c2ccc(F)cc2)cc1[N+](=O)[O-]. The van der Waals surface area contributed by atoms with Gasteiger partial charge in [-0.25, -0.2) is 4.39 Å². The zero-order chi connectivity index (χ0) is 20.7. The summed E-state index contributed by atoms with van der Waals surface area (Å²) in [5.74, 6) is -2.68. The molecule has 28 heavy (non-hydrogen) atoms. The number of amides is 1. The normalized spacial score (nSPS) is 10.1. The van der Waals surface area contributed by atoms with Crippen LogP contribution in [0.15, 0.2) is 42.5 Å². The first-order chi connectivity index (χ1) is 13.3. The topological polar surface area (TPSA) is 125 Å². The molecule has 0 aromatic heterocycles. The minimum Gasteiger partial charge on any atom is -0.490 e. The van der Waals surface area contributed by atoms with Gasteiger partial charge in [0.25, 0.3) is 5.91 Å². The van der Waals surface area contributed by atoms with Gasteiger partial charge >= 0.3 is 11.7 Å². The molecule has 0 spiro atoms. The molecule has 0 aliphatic rings. The van der Waals surface area contributed by atoms with Gasteiger partial charge in [0, 0.05) is 17.2 Å². The van der Waals surface area contributed by atoms with E-state index in [0.717, 1.165) is 18.2 Å². The summed E-state index contributed by atoms with van der Waals surface area (Å²) >= 11 is 0. The van der Waals surface area contributed by atoms with Crippen LogP contribution >= 0.6 is 0 Å². The third-order valence-corrected chi connectivity index (χ3v) is 3.56. The highest BCUT2D eigenvalue weighted by Gasteiger charge is 2.19. The fourth-order valence-corrected chi connectivity index (χ4v) is 2.14. The molecule has 2 aromatic rings. The molecule has 0 bridgehead atoms. The summed E-state index contributed by atoms with van der Waals surface area (Å²) in [5.41, 5.74) is -0.283. The van der Waals surface area contributed by atoms with Gasteiger partial charge < -0.3 is 14.8 Å². The van der Waals surface area contributed by atoms with Crippen LogP contribution in [0.4, 0.5) is 10.1 Å². The van der Waals surface area contributed by atoms with E-state index in [1.54, 1.807) is 0 Å². The van der Waals surface area contributed by atoms with Gasteiger partial charge in [0.2, 0.25) is 0 Å². The minimum atomic E-state index is -0.883. The molecule has 0 aliphatic carbocycles. The summed E-state index contributed by atoms with van der Waals surface area (Å²) in [7, 11) is 1.26. The summed E-state index contributed by atoms with van der Waals surface area (Å²) in [6.45, 7) is -1.12. The number of hydrogen-bond acceptors (Lipinski definition) is 7. The average Bonchev–Trinajstić information content (AvgIpc) is 2.70. The standard InChI is InChI=1S/C18H15FN2O7/c1-27-16-7-4-12(8-14(16)21(25)26)18(24)20-9-17(23)28-10-15(22)11-2-5-13(19)6-3-11/h2-8H,9-10H2,1H3,(H,20,24). The van der Waals surface area contributed by atoms with Crippen molar-refractivity contribution in [2.75, 3.05) is 20.3 Å². The largest absolute Gasteiger partial charge is 0.490 e. The summed E-state index contributed by atoms with van der Waals surface area (Å²) in [6.07, 6.45) is 0. The summed E-state index contributed by atoms with van der Waals surface area (Å²) in [5, 5.41) is 13.2. The summed E-state index contributed by atoms with van der Waals surface area (Å²) in [4.78, 5) is 45.8. The van der Waals surface area contributed by atoms with Crippen molar-refractivity contribution in [1.29, 1.82) is 0 Å². The molecule has 0 heterocycles. The van der Waals surface area contributed by atoms with Crippen LogP contribution in [-0.2, 0) is 9.53 Å². The molecular weight excluding hydrogens is 375 g/mol. The lowest BCUT2D eigenvalue weighted by atomic mass is 10.1. The molecule has 0 saturated carbocycles. The van der Waals surface area contributed by atoms with Crippen molar-refractivity contribution in [3.05, 3.63) is 69.5 Å². The molecule has 1 N–H and O–H groups in total. The molecule has 0 saturated heterocycles. The van der Waals surface area contributed by atoms with Crippen molar-refractivity contribution in [3.63, 3.8) is 0 Å². The molecule has 0 fully saturated rings. The number of hydrogen-bond donors (Lipinski definition) is 1. The second-order valence-corrected chi connectivity index (χ2v) is 5.42. The van der Waals surface area contributed by atoms with Crippen molar-refractivity contribution in [1.82, 2.24) is 5.32 Å². The van der Waals surface area contributed by atoms with E-state index in [-0.39, 0.29) is 16.9 Å². The maximum absolute atomic E-state index is 12.8. The van der Waals surface area contributed by atoms with Crippen LogP contribution in [0.25, 0.3) is 0 Å². The van der Waals surface area contributed by atoms with Gasteiger partial charge in [-0.1, -0.05) is 0 Å². The number of nitro benzene ring substituents is 1. The first-order valence-electron chi connectivity index (χ1n) is 7.87. The Balaban J connectivity index is 1.87. The Morgan fingerprint density at radius 2 is 1.75 bits per heavy atom. The number of ether oxygens (including phenoxy) is 2. The van der Waals surface area contributed by atoms with Crippen LogP contribution in [0.3, 0.4) is 0 Å². The zero-order valence-corrected chi connectivity index (χ0v) is 14.6. The Morgan fingerprint density at radius 3 is 2.36 bits per heavy atom. The van der Waals surface area contributed by atoms with Crippen LogP contribution in [0.2, 0.25) is 0 Å². The first-order valence-corrected chi connectivity index (χ1v) is 7.87. The molecule has 9 nitrogen and oxygen atoms in total. The molecule has 2 aromatic carbocycles. The number of rotatable bonds is 8. The van der Waals surface area contributed by atoms with Gasteiger partial charge in [-0.15, -0.1) is 0 Å². The Labute approximate surface area is 158 Å². The van der Waals surface area contributed by atoms with E-state index in [0.29, 0.717) is 0 Å². The van der Waals surface area contributed by atoms with Crippen LogP contribution < -0.4 is 10.1 Å². The predicted octanol–water partition coefficient (Wildman–Crippen LogP) is 1.90. The zero-order valence-electron chi connectivity index (χ0n) is 14.6. The number of benzene rings is 2. The number of carbonyl (C=O) groups excluding carboxylic acids is 3. The fraction of sp³-hybridized carbons (Fsp3) is 0.167. The number of nitro groups is 1. The summed E-state index contributed by atoms with van der Waals surface area (Å²) < 4.78 is 22.4. The van der Waals surface area contributed by atoms with E-state index in [4.69, 9.17) is 9.47 Å². The molecule has 10 heteroatoms. The van der Waals surface area contributed by atoms with E-state index in [9.17, 15) is 28.9 Å². The van der Waals surface area contributed by atoms with Crippen molar-refractivity contribution >= 4 is 23.3 Å². The highest BCUT2D eigenvalue weighted by molar-refractivity contribution is 5.99. The third-order valence-electron chi connectivity index (χ3n) is 3.56. The molecule has 2 rings (SSSR count). The van der Waals surface area contributed by atoms with Crippen LogP contribution in [0.5, 0.6) is 5.75 Å². The van der Waals surface area contributed by atoms with Crippen molar-refractivity contribution < 1.29 is 33.2 Å². The summed E-state index contributed by atoms with van der Waals surface area (Å²) in [6, 6.07) is 8.27. The van der Waals surface area contributed by atoms with E-state index in [1.165, 1.54) is 31.4 Å². The van der Waals surface area contributed by atoms with Crippen molar-refractivity contribution in [3.8, 4) is 5.75 Å². The smallest absolute Gasteiger partial charge is 0.325 e. The van der Waals surface area contributed by atoms with E-state index in [1.807, 2.05) is 0 Å². The number of nitrogens with zero attached hydrogens (tertiary/aromatic N) is 1. The van der Waals surface area contributed by atoms with Crippen LogP contribution in [0, 0.1) is 15.9 Å². The lowest BCUT2D eigenvalue weighted by Gasteiger charge is -2.07. The van der Waals surface area contributed by atoms with Crippen LogP contribution in [0.1, 0.15) is 20.7 Å². The average molecular weight is 390 g/mol. The molecule has 146 valence electrons. The monoisotopic (exact) mass is 390 g/mol. The lowest BCUT2D eigenvalue weighted by Crippen LogP contribution is -2.31. The third kappa shape index (κ3) is 5.34. The molecule has 0 unspecified atom stereocenters. The van der Waals surface area contributed by atoms with E-state index >= 15 is 0 Å². The van der Waals surface area contributed by atoms with Crippen molar-refractivity contribution in [2.45, 2.75) is 0 Å². The molecule has 0 atom stereocenters. The fourth-order valence-electron chi connectivity index (χ4n) is 2.14. The maximum atomic E-state index is 12.8. The maximum Gasteiger partial charge on any atom is 0.325 e. The lowest BCUT2D eigenvalue weighted by molar-refractivity contribution is -0.385. The van der Waals surface area contributed by atoms with Gasteiger partial charge in [-0.2, -0.15) is 0 Å². The molecular formula is C18H15FN2O7. The number of methoxy groups -OCH3 is 1. The molecule has 0 radical (unpaired) electrons.